The van der Waals surface area contributed by atoms with Crippen molar-refractivity contribution in [2.75, 3.05) is 40.0 Å². The number of hydrogen-bond donors (Lipinski definition) is 2. The summed E-state index contributed by atoms with van der Waals surface area (Å²) in [6.45, 7) is 29.1. The minimum absolute atomic E-state index is 0.0165. The lowest BCUT2D eigenvalue weighted by Gasteiger charge is -2.71. The molecule has 304 valence electrons. The largest absolute Gasteiger partial charge is 0.481 e. The van der Waals surface area contributed by atoms with Gasteiger partial charge in [0.05, 0.1) is 37.9 Å². The molecule has 3 N–H and O–H groups in total. The van der Waals surface area contributed by atoms with Crippen LogP contribution in [0.5, 0.6) is 0 Å². The molecule has 2 saturated heterocycles. The van der Waals surface area contributed by atoms with Gasteiger partial charge in [0.1, 0.15) is 12.2 Å². The Hall–Kier alpha value is -1.81. The number of piperidine rings is 1. The summed E-state index contributed by atoms with van der Waals surface area (Å²) in [6, 6.07) is -0.0165. The Kier molecular flexibility index (Phi) is 10.0. The highest BCUT2D eigenvalue weighted by atomic mass is 16.5. The summed E-state index contributed by atoms with van der Waals surface area (Å²) in [5.41, 5.74) is 6.76. The molecule has 12 atom stereocenters. The normalized spacial score (nSPS) is 43.4. The van der Waals surface area contributed by atoms with Crippen LogP contribution in [0.15, 0.2) is 18.0 Å². The summed E-state index contributed by atoms with van der Waals surface area (Å²) in [5.74, 6) is 1.90. The highest BCUT2D eigenvalue weighted by molar-refractivity contribution is 5.73. The summed E-state index contributed by atoms with van der Waals surface area (Å²) in [7, 11) is 2.21. The zero-order chi connectivity index (χ0) is 39.4. The van der Waals surface area contributed by atoms with Crippen LogP contribution in [0.1, 0.15) is 145 Å². The van der Waals surface area contributed by atoms with E-state index in [4.69, 9.17) is 25.3 Å². The lowest BCUT2D eigenvalue weighted by molar-refractivity contribution is -0.253. The maximum Gasteiger partial charge on any atom is 0.307 e. The van der Waals surface area contributed by atoms with Gasteiger partial charge in [-0.3, -0.25) is 4.79 Å². The number of allylic oxidation sites excluding steroid dienone is 1. The Bertz CT molecular complexity index is 1610. The summed E-state index contributed by atoms with van der Waals surface area (Å²) < 4.78 is 16.4. The van der Waals surface area contributed by atoms with E-state index in [0.717, 1.165) is 70.3 Å². The SMILES string of the molecule is CC(C)[C@@H](C)[C@@]1(C)CC[C@]2(C)[C@H]3CC[C@@H]4[C@@]5(COC[C@@]4(C)[C@@H](OC[C@](C)(N)C(C)(C)C)[C@H](n4ncnc4C4CCN(C)CC4)C5)C3=CC[C@@]2(C)[C@@H]1C(=O)O. The molecule has 0 spiro atoms. The average Bonchev–Trinajstić information content (AvgIpc) is 3.57. The molecule has 4 aliphatic carbocycles. The molecule has 1 aromatic rings. The number of carboxylic acids is 1. The predicted octanol–water partition coefficient (Wildman–Crippen LogP) is 8.37. The van der Waals surface area contributed by atoms with Crippen LogP contribution in [-0.4, -0.2) is 82.3 Å². The van der Waals surface area contributed by atoms with Gasteiger partial charge in [0.15, 0.2) is 0 Å². The zero-order valence-electron chi connectivity index (χ0n) is 36.0. The molecule has 0 unspecified atom stereocenters. The highest BCUT2D eigenvalue weighted by Crippen LogP contribution is 2.75. The van der Waals surface area contributed by atoms with Crippen molar-refractivity contribution >= 4 is 5.97 Å². The van der Waals surface area contributed by atoms with Gasteiger partial charge in [-0.15, -0.1) is 0 Å². The van der Waals surface area contributed by atoms with Crippen LogP contribution in [0.4, 0.5) is 0 Å². The topological polar surface area (TPSA) is 116 Å². The van der Waals surface area contributed by atoms with Gasteiger partial charge >= 0.3 is 5.97 Å². The number of aliphatic carboxylic acids is 1. The Balaban J connectivity index is 1.33. The first-order valence-corrected chi connectivity index (χ1v) is 21.6. The second kappa shape index (κ2) is 13.4. The maximum atomic E-state index is 13.6. The minimum Gasteiger partial charge on any atom is -0.481 e. The number of hydrogen-bond acceptors (Lipinski definition) is 7. The molecular weight excluding hydrogens is 675 g/mol. The lowest BCUT2D eigenvalue weighted by atomic mass is 9.34. The molecule has 5 fully saturated rings. The van der Waals surface area contributed by atoms with Crippen LogP contribution in [0.25, 0.3) is 0 Å². The second-order valence-electron chi connectivity index (χ2n) is 22.2. The smallest absolute Gasteiger partial charge is 0.307 e. The van der Waals surface area contributed by atoms with Gasteiger partial charge in [-0.1, -0.05) is 80.9 Å². The van der Waals surface area contributed by atoms with Crippen molar-refractivity contribution < 1.29 is 19.4 Å². The minimum atomic E-state index is -0.608. The molecule has 7 rings (SSSR count). The number of fused-ring (bicyclic) bond motifs is 3. The fourth-order valence-corrected chi connectivity index (χ4v) is 13.7. The van der Waals surface area contributed by atoms with Crippen LogP contribution in [-0.2, 0) is 14.3 Å². The molecule has 54 heavy (non-hydrogen) atoms. The molecule has 0 aromatic carbocycles. The molecule has 2 bridgehead atoms. The third-order valence-corrected chi connectivity index (χ3v) is 18.4. The second-order valence-corrected chi connectivity index (χ2v) is 22.2. The van der Waals surface area contributed by atoms with Gasteiger partial charge in [0, 0.05) is 22.3 Å². The van der Waals surface area contributed by atoms with Crippen LogP contribution in [0, 0.1) is 62.1 Å². The molecule has 3 saturated carbocycles. The van der Waals surface area contributed by atoms with E-state index in [1.807, 2.05) is 0 Å². The van der Waals surface area contributed by atoms with Crippen LogP contribution in [0.3, 0.4) is 0 Å². The van der Waals surface area contributed by atoms with E-state index in [1.165, 1.54) is 0 Å². The molecule has 6 aliphatic rings. The predicted molar refractivity (Wildman–Crippen MR) is 214 cm³/mol. The van der Waals surface area contributed by atoms with E-state index in [2.05, 4.69) is 98.9 Å². The van der Waals surface area contributed by atoms with Crippen LogP contribution >= 0.6 is 0 Å². The first-order chi connectivity index (χ1) is 25.1. The number of carboxylic acid groups (broad SMARTS) is 1. The van der Waals surface area contributed by atoms with E-state index in [9.17, 15) is 9.90 Å². The summed E-state index contributed by atoms with van der Waals surface area (Å²) in [6.07, 6.45) is 12.2. The number of carbonyl (C=O) groups is 1. The third kappa shape index (κ3) is 5.76. The van der Waals surface area contributed by atoms with Gasteiger partial charge in [0.25, 0.3) is 0 Å². The number of ether oxygens (including phenoxy) is 2. The van der Waals surface area contributed by atoms with Crippen molar-refractivity contribution in [3.63, 3.8) is 0 Å². The van der Waals surface area contributed by atoms with Crippen molar-refractivity contribution in [3.05, 3.63) is 23.8 Å². The monoisotopic (exact) mass is 750 g/mol. The van der Waals surface area contributed by atoms with E-state index >= 15 is 0 Å². The molecule has 9 heteroatoms. The van der Waals surface area contributed by atoms with Gasteiger partial charge in [-0.25, -0.2) is 9.67 Å². The molecular formula is C45H75N5O4. The Morgan fingerprint density at radius 3 is 2.35 bits per heavy atom. The van der Waals surface area contributed by atoms with Gasteiger partial charge in [0.2, 0.25) is 0 Å². The quantitative estimate of drug-likeness (QED) is 0.255. The van der Waals surface area contributed by atoms with Crippen LogP contribution in [0.2, 0.25) is 0 Å². The van der Waals surface area contributed by atoms with Crippen molar-refractivity contribution in [3.8, 4) is 0 Å². The van der Waals surface area contributed by atoms with Gasteiger partial charge in [-0.2, -0.15) is 5.10 Å². The molecule has 1 aromatic heterocycles. The fourth-order valence-electron chi connectivity index (χ4n) is 13.7. The summed E-state index contributed by atoms with van der Waals surface area (Å²) in [5, 5.41) is 16.3. The van der Waals surface area contributed by atoms with Gasteiger partial charge < -0.3 is 25.2 Å². The van der Waals surface area contributed by atoms with E-state index in [-0.39, 0.29) is 44.6 Å². The van der Waals surface area contributed by atoms with E-state index in [0.29, 0.717) is 49.4 Å². The number of aromatic nitrogens is 3. The Labute approximate surface area is 327 Å². The van der Waals surface area contributed by atoms with Gasteiger partial charge in [-0.05, 0) is 124 Å². The van der Waals surface area contributed by atoms with E-state index in [1.54, 1.807) is 11.9 Å². The molecule has 2 aliphatic heterocycles. The molecule has 3 heterocycles. The van der Waals surface area contributed by atoms with Crippen molar-refractivity contribution in [1.82, 2.24) is 19.7 Å². The van der Waals surface area contributed by atoms with Crippen LogP contribution < -0.4 is 5.73 Å². The third-order valence-electron chi connectivity index (χ3n) is 18.4. The number of likely N-dealkylation sites (tertiary alicyclic amines) is 1. The Morgan fingerprint density at radius 2 is 1.72 bits per heavy atom. The standard InChI is InChI=1S/C45H75N5O4/c1-28(2)29(3)40(7)19-20-42(9)31-13-14-34-41(8)24-53-26-45(34,32(31)15-18-43(42,10)35(40)38(51)52)23-33(36(41)54-25-44(11,46)39(4,5)6)50-37(47-27-48-50)30-16-21-49(12)22-17-30/h15,27-31,33-36H,13-14,16-26,46H2,1-12H3,(H,51,52)/t29-,31+,33-,34+,35-,36+,40-,41-,42-,43+,44+,45+/m1/s1. The molecule has 9 nitrogen and oxygen atoms in total. The first-order valence-electron chi connectivity index (χ1n) is 21.6. The summed E-state index contributed by atoms with van der Waals surface area (Å²) in [4.78, 5) is 21.0. The lowest BCUT2D eigenvalue weighted by Crippen LogP contribution is -2.69. The highest BCUT2D eigenvalue weighted by Gasteiger charge is 2.72. The maximum absolute atomic E-state index is 13.6. The Morgan fingerprint density at radius 1 is 1.04 bits per heavy atom. The molecule has 0 radical (unpaired) electrons. The fraction of sp³-hybridized carbons (Fsp3) is 0.889. The van der Waals surface area contributed by atoms with Crippen molar-refractivity contribution in [2.45, 2.75) is 151 Å². The zero-order valence-corrected chi connectivity index (χ0v) is 36.0. The summed E-state index contributed by atoms with van der Waals surface area (Å²) >= 11 is 0. The number of nitrogens with zero attached hydrogens (tertiary/aromatic N) is 4. The van der Waals surface area contributed by atoms with E-state index < -0.39 is 17.4 Å². The number of rotatable bonds is 8. The first kappa shape index (κ1) is 40.4. The average molecular weight is 750 g/mol. The number of nitrogens with two attached hydrogens (primary N) is 1. The van der Waals surface area contributed by atoms with Crippen molar-refractivity contribution in [2.24, 2.45) is 67.8 Å². The van der Waals surface area contributed by atoms with Crippen molar-refractivity contribution in [1.29, 1.82) is 0 Å². The molecule has 0 amide bonds.